The van der Waals surface area contributed by atoms with Gasteiger partial charge in [-0.1, -0.05) is 78.5 Å². The second-order valence-electron chi connectivity index (χ2n) is 11.9. The van der Waals surface area contributed by atoms with E-state index < -0.39 is 5.97 Å². The highest BCUT2D eigenvalue weighted by Crippen LogP contribution is 2.55. The quantitative estimate of drug-likeness (QED) is 0.191. The van der Waals surface area contributed by atoms with E-state index in [2.05, 4.69) is 52.8 Å². The molecule has 2 aliphatic rings. The van der Waals surface area contributed by atoms with Crippen molar-refractivity contribution in [3.05, 3.63) is 52.6 Å². The topological polar surface area (TPSA) is 46.5 Å². The van der Waals surface area contributed by atoms with Crippen LogP contribution in [0.4, 0.5) is 0 Å². The van der Waals surface area contributed by atoms with Gasteiger partial charge in [0.1, 0.15) is 5.75 Å². The molecule has 2 atom stereocenters. The lowest BCUT2D eigenvalue weighted by molar-refractivity contribution is -0.131. The van der Waals surface area contributed by atoms with Crippen LogP contribution in [0.15, 0.2) is 35.9 Å². The first-order valence-electron chi connectivity index (χ1n) is 13.4. The number of benzene rings is 1. The molecule has 3 rings (SSSR count). The molecule has 188 valence electrons. The minimum absolute atomic E-state index is 0.183. The van der Waals surface area contributed by atoms with E-state index in [9.17, 15) is 4.79 Å². The van der Waals surface area contributed by atoms with Crippen LogP contribution in [0.25, 0.3) is 0 Å². The Morgan fingerprint density at radius 1 is 1.06 bits per heavy atom. The Labute approximate surface area is 207 Å². The normalized spacial score (nSPS) is 23.1. The van der Waals surface area contributed by atoms with Crippen molar-refractivity contribution in [2.24, 2.45) is 5.92 Å². The number of unbranched alkanes of at least 4 members (excludes halogenated alkanes) is 4. The monoisotopic (exact) mass is 466 g/mol. The highest BCUT2D eigenvalue weighted by molar-refractivity contribution is 5.81. The van der Waals surface area contributed by atoms with Crippen LogP contribution in [0, 0.1) is 5.92 Å². The van der Waals surface area contributed by atoms with Crippen LogP contribution in [0.5, 0.6) is 5.75 Å². The Bertz CT molecular complexity index is 919. The molecule has 0 aliphatic heterocycles. The first-order chi connectivity index (χ1) is 16.0. The maximum absolute atomic E-state index is 10.8. The highest BCUT2D eigenvalue weighted by atomic mass is 16.5. The van der Waals surface area contributed by atoms with E-state index in [1.165, 1.54) is 67.7 Å². The number of hydrogen-bond acceptors (Lipinski definition) is 2. The molecule has 1 fully saturated rings. The fraction of sp³-hybridized carbons (Fsp3) is 0.645. The van der Waals surface area contributed by atoms with Crippen LogP contribution >= 0.6 is 0 Å². The summed E-state index contributed by atoms with van der Waals surface area (Å²) in [4.78, 5) is 10.8. The van der Waals surface area contributed by atoms with Gasteiger partial charge in [0.2, 0.25) is 0 Å². The first-order valence-corrected chi connectivity index (χ1v) is 13.4. The minimum atomic E-state index is -0.887. The predicted molar refractivity (Wildman–Crippen MR) is 142 cm³/mol. The van der Waals surface area contributed by atoms with Crippen LogP contribution in [0.3, 0.4) is 0 Å². The van der Waals surface area contributed by atoms with E-state index in [0.29, 0.717) is 11.8 Å². The van der Waals surface area contributed by atoms with E-state index in [-0.39, 0.29) is 10.8 Å². The molecule has 0 aromatic heterocycles. The average Bonchev–Trinajstić information content (AvgIpc) is 3.52. The van der Waals surface area contributed by atoms with Crippen molar-refractivity contribution >= 4 is 5.97 Å². The van der Waals surface area contributed by atoms with Crippen molar-refractivity contribution in [1.29, 1.82) is 0 Å². The van der Waals surface area contributed by atoms with Crippen LogP contribution in [-0.2, 0) is 15.6 Å². The van der Waals surface area contributed by atoms with Gasteiger partial charge in [-0.3, -0.25) is 0 Å². The molecule has 3 heteroatoms. The summed E-state index contributed by atoms with van der Waals surface area (Å²) in [6, 6.07) is 4.88. The molecular formula is C31H46O3. The molecule has 0 amide bonds. The van der Waals surface area contributed by atoms with Gasteiger partial charge in [-0.25, -0.2) is 4.79 Å². The third kappa shape index (κ3) is 6.77. The fourth-order valence-electron chi connectivity index (χ4n) is 5.47. The Balaban J connectivity index is 1.79. The molecule has 0 saturated heterocycles. The van der Waals surface area contributed by atoms with Crippen molar-refractivity contribution < 1.29 is 14.6 Å². The van der Waals surface area contributed by atoms with Crippen LogP contribution < -0.4 is 4.74 Å². The molecule has 0 radical (unpaired) electrons. The van der Waals surface area contributed by atoms with Crippen molar-refractivity contribution in [3.8, 4) is 5.75 Å². The van der Waals surface area contributed by atoms with E-state index in [1.807, 2.05) is 13.0 Å². The number of carbonyl (C=O) groups is 1. The Morgan fingerprint density at radius 2 is 1.71 bits per heavy atom. The summed E-state index contributed by atoms with van der Waals surface area (Å²) in [6.45, 7) is 14.4. The summed E-state index contributed by atoms with van der Waals surface area (Å²) < 4.78 is 6.49. The number of rotatable bonds is 12. The van der Waals surface area contributed by atoms with Gasteiger partial charge in [0.05, 0.1) is 6.61 Å². The van der Waals surface area contributed by atoms with Gasteiger partial charge < -0.3 is 9.84 Å². The van der Waals surface area contributed by atoms with Gasteiger partial charge in [-0.05, 0) is 90.0 Å². The molecule has 3 nitrogen and oxygen atoms in total. The first kappa shape index (κ1) is 26.6. The molecule has 1 aromatic carbocycles. The summed E-state index contributed by atoms with van der Waals surface area (Å²) in [5.41, 5.74) is 5.54. The number of ether oxygens (including phenoxy) is 1. The number of carboxylic acid groups (broad SMARTS) is 1. The maximum atomic E-state index is 10.8. The van der Waals surface area contributed by atoms with E-state index in [4.69, 9.17) is 9.84 Å². The van der Waals surface area contributed by atoms with Crippen molar-refractivity contribution in [3.63, 3.8) is 0 Å². The fourth-order valence-corrected chi connectivity index (χ4v) is 5.47. The number of allylic oxidation sites excluding steroid dienone is 3. The number of fused-ring (bicyclic) bond motifs is 1. The summed E-state index contributed by atoms with van der Waals surface area (Å²) in [6.07, 6.45) is 16.2. The summed E-state index contributed by atoms with van der Waals surface area (Å²) >= 11 is 0. The zero-order chi connectivity index (χ0) is 24.9. The second kappa shape index (κ2) is 11.1. The molecule has 0 bridgehead atoms. The van der Waals surface area contributed by atoms with Crippen LogP contribution in [0.2, 0.25) is 0 Å². The predicted octanol–water partition coefficient (Wildman–Crippen LogP) is 8.47. The average molecular weight is 467 g/mol. The second-order valence-corrected chi connectivity index (χ2v) is 11.9. The molecule has 0 spiro atoms. The number of hydrogen-bond donors (Lipinski definition) is 1. The third-order valence-electron chi connectivity index (χ3n) is 7.98. The van der Waals surface area contributed by atoms with Gasteiger partial charge in [-0.15, -0.1) is 0 Å². The molecular weight excluding hydrogens is 420 g/mol. The summed E-state index contributed by atoms with van der Waals surface area (Å²) in [7, 11) is 0. The lowest BCUT2D eigenvalue weighted by atomic mass is 9.62. The zero-order valence-electron chi connectivity index (χ0n) is 22.4. The van der Waals surface area contributed by atoms with Crippen molar-refractivity contribution in [2.45, 2.75) is 116 Å². The molecule has 2 aliphatic carbocycles. The molecule has 34 heavy (non-hydrogen) atoms. The smallest absolute Gasteiger partial charge is 0.328 e. The molecule has 1 N–H and O–H groups in total. The number of aliphatic carboxylic acids is 1. The Kier molecular flexibility index (Phi) is 8.71. The number of carboxylic acids is 1. The standard InChI is InChI=1S/C31H46O3/c1-7-8-9-10-11-17-34-28-21-27-26(30(3,4)15-16-31(27,5)6)20-25(28)24-19-23(24)14-12-13-22(2)18-29(32)33/h12-13,18,20-21,23-24H,7-11,14-17,19H2,1-6H3,(H,32,33)/b13-12+,22-18+. The third-order valence-corrected chi connectivity index (χ3v) is 7.98. The van der Waals surface area contributed by atoms with Gasteiger partial charge in [0.15, 0.2) is 0 Å². The maximum Gasteiger partial charge on any atom is 0.328 e. The lowest BCUT2D eigenvalue weighted by Gasteiger charge is -2.42. The van der Waals surface area contributed by atoms with Crippen molar-refractivity contribution in [2.75, 3.05) is 6.61 Å². The Hall–Kier alpha value is -2.03. The molecule has 1 aromatic rings. The van der Waals surface area contributed by atoms with Gasteiger partial charge in [-0.2, -0.15) is 0 Å². The largest absolute Gasteiger partial charge is 0.493 e. The Morgan fingerprint density at radius 3 is 2.35 bits per heavy atom. The zero-order valence-corrected chi connectivity index (χ0v) is 22.4. The SMILES string of the molecule is CCCCCCCOc1cc2c(cc1C1CC1C/C=C/C(C)=C/C(=O)O)C(C)(C)CCC2(C)C. The highest BCUT2D eigenvalue weighted by Gasteiger charge is 2.43. The van der Waals surface area contributed by atoms with Gasteiger partial charge in [0, 0.05) is 6.08 Å². The van der Waals surface area contributed by atoms with Gasteiger partial charge >= 0.3 is 5.97 Å². The summed E-state index contributed by atoms with van der Waals surface area (Å²) in [5, 5.41) is 8.91. The van der Waals surface area contributed by atoms with Crippen LogP contribution in [-0.4, -0.2) is 17.7 Å². The van der Waals surface area contributed by atoms with E-state index in [1.54, 1.807) is 0 Å². The van der Waals surface area contributed by atoms with E-state index >= 15 is 0 Å². The summed E-state index contributed by atoms with van der Waals surface area (Å²) in [5.74, 6) is 1.37. The molecule has 1 saturated carbocycles. The van der Waals surface area contributed by atoms with E-state index in [0.717, 1.165) is 30.8 Å². The molecule has 2 unspecified atom stereocenters. The lowest BCUT2D eigenvalue weighted by Crippen LogP contribution is -2.34. The molecule has 0 heterocycles. The van der Waals surface area contributed by atoms with Crippen molar-refractivity contribution in [1.82, 2.24) is 0 Å². The van der Waals surface area contributed by atoms with Crippen LogP contribution in [0.1, 0.15) is 122 Å². The minimum Gasteiger partial charge on any atom is -0.493 e. The van der Waals surface area contributed by atoms with Gasteiger partial charge in [0.25, 0.3) is 0 Å².